The molecule has 0 fully saturated rings. The van der Waals surface area contributed by atoms with E-state index in [9.17, 15) is 72.0 Å². The first-order chi connectivity index (χ1) is 23.0. The summed E-state index contributed by atoms with van der Waals surface area (Å²) in [7, 11) is 0. The van der Waals surface area contributed by atoms with Crippen molar-refractivity contribution in [3.63, 3.8) is 0 Å². The molecule has 0 aliphatic heterocycles. The first-order valence-electron chi connectivity index (χ1n) is 13.4. The Labute approximate surface area is 270 Å². The lowest BCUT2D eigenvalue weighted by Gasteiger charge is -2.19. The van der Waals surface area contributed by atoms with Crippen molar-refractivity contribution in [2.24, 2.45) is 5.92 Å². The Hall–Kier alpha value is -5.52. The normalized spacial score (nSPS) is 13.5. The van der Waals surface area contributed by atoms with Crippen molar-refractivity contribution >= 4 is 0 Å². The van der Waals surface area contributed by atoms with Crippen LogP contribution >= 0.6 is 0 Å². The lowest BCUT2D eigenvalue weighted by Crippen LogP contribution is -2.18. The molecule has 0 aromatic heterocycles. The summed E-state index contributed by atoms with van der Waals surface area (Å²) in [5, 5.41) is 19.4. The van der Waals surface area contributed by atoms with Gasteiger partial charge in [-0.05, 0) is 81.9 Å². The number of halogens is 14. The number of alkyl halides is 12. The fourth-order valence-corrected chi connectivity index (χ4v) is 5.57. The van der Waals surface area contributed by atoms with Gasteiger partial charge in [-0.1, -0.05) is 12.1 Å². The van der Waals surface area contributed by atoms with Gasteiger partial charge in [-0.2, -0.15) is 36.9 Å². The fourth-order valence-electron chi connectivity index (χ4n) is 5.57. The van der Waals surface area contributed by atoms with Gasteiger partial charge in [0.05, 0.1) is 23.3 Å². The van der Waals surface area contributed by atoms with Crippen LogP contribution in [0.2, 0.25) is 0 Å². The molecule has 0 spiro atoms. The highest BCUT2D eigenvalue weighted by Gasteiger charge is 2.42. The zero-order valence-electron chi connectivity index (χ0n) is 23.9. The molecule has 4 aromatic rings. The van der Waals surface area contributed by atoms with Crippen molar-refractivity contribution in [2.45, 2.75) is 31.0 Å². The standard InChI is InChI=1S/C32H12F14N2O2/c33-24-3-1-13(5-22(24)29(35,36)37)16-7-18-19-8-17(14-2-4-25(34)23(6-14)30(38,39)40)27(50-32(44,45)46)10-21(19)28(15(11-47)12-48)20(18)9-26(16)49-31(41,42)43/h1-10,15,28H. The second-order valence-electron chi connectivity index (χ2n) is 10.6. The third kappa shape index (κ3) is 6.96. The third-order valence-electron chi connectivity index (χ3n) is 7.49. The van der Waals surface area contributed by atoms with Gasteiger partial charge in [0.15, 0.2) is 0 Å². The van der Waals surface area contributed by atoms with Gasteiger partial charge in [0.1, 0.15) is 29.1 Å². The third-order valence-corrected chi connectivity index (χ3v) is 7.49. The maximum absolute atomic E-state index is 14.1. The highest BCUT2D eigenvalue weighted by Crippen LogP contribution is 2.55. The molecular weight excluding hydrogens is 710 g/mol. The van der Waals surface area contributed by atoms with Crippen LogP contribution in [-0.4, -0.2) is 12.7 Å². The maximum Gasteiger partial charge on any atom is 0.573 e. The molecule has 4 nitrogen and oxygen atoms in total. The monoisotopic (exact) mass is 722 g/mol. The highest BCUT2D eigenvalue weighted by molar-refractivity contribution is 5.90. The number of nitrogens with zero attached hydrogens (tertiary/aromatic N) is 2. The number of ether oxygens (including phenoxy) is 2. The molecule has 0 bridgehead atoms. The summed E-state index contributed by atoms with van der Waals surface area (Å²) in [6.07, 6.45) is -21.7. The van der Waals surface area contributed by atoms with Crippen LogP contribution in [0.25, 0.3) is 33.4 Å². The van der Waals surface area contributed by atoms with Gasteiger partial charge < -0.3 is 9.47 Å². The fraction of sp³-hybridized carbons (Fsp3) is 0.188. The summed E-state index contributed by atoms with van der Waals surface area (Å²) in [6.45, 7) is 0. The molecule has 5 rings (SSSR count). The lowest BCUT2D eigenvalue weighted by atomic mass is 9.84. The molecule has 18 heteroatoms. The Balaban J connectivity index is 1.88. The van der Waals surface area contributed by atoms with Crippen LogP contribution in [0.4, 0.5) is 61.5 Å². The highest BCUT2D eigenvalue weighted by atomic mass is 19.4. The topological polar surface area (TPSA) is 66.0 Å². The Bertz CT molecular complexity index is 1940. The molecule has 260 valence electrons. The van der Waals surface area contributed by atoms with Gasteiger partial charge in [0.2, 0.25) is 0 Å². The van der Waals surface area contributed by atoms with Gasteiger partial charge in [0.25, 0.3) is 0 Å². The minimum Gasteiger partial charge on any atom is -0.405 e. The van der Waals surface area contributed by atoms with E-state index in [4.69, 9.17) is 0 Å². The van der Waals surface area contributed by atoms with Gasteiger partial charge in [0, 0.05) is 17.0 Å². The van der Waals surface area contributed by atoms with E-state index in [0.29, 0.717) is 36.4 Å². The molecule has 1 aliphatic rings. The summed E-state index contributed by atoms with van der Waals surface area (Å²) in [5.41, 5.74) is -8.13. The molecule has 0 atom stereocenters. The van der Waals surface area contributed by atoms with E-state index in [-0.39, 0.29) is 34.4 Å². The number of rotatable bonds is 5. The van der Waals surface area contributed by atoms with Crippen molar-refractivity contribution in [2.75, 3.05) is 0 Å². The Morgan fingerprint density at radius 1 is 0.520 bits per heavy atom. The quantitative estimate of drug-likeness (QED) is 0.192. The molecule has 0 unspecified atom stereocenters. The van der Waals surface area contributed by atoms with E-state index in [1.165, 1.54) is 0 Å². The molecule has 0 radical (unpaired) electrons. The number of fused-ring (bicyclic) bond motifs is 3. The van der Waals surface area contributed by atoms with Crippen LogP contribution in [0.15, 0.2) is 60.7 Å². The van der Waals surface area contributed by atoms with E-state index in [2.05, 4.69) is 9.47 Å². The average molecular weight is 722 g/mol. The van der Waals surface area contributed by atoms with E-state index < -0.39 is 93.4 Å². The zero-order chi connectivity index (χ0) is 37.1. The van der Waals surface area contributed by atoms with Crippen LogP contribution < -0.4 is 9.47 Å². The number of benzene rings is 4. The van der Waals surface area contributed by atoms with Crippen molar-refractivity contribution in [3.8, 4) is 57.0 Å². The van der Waals surface area contributed by atoms with E-state index in [1.807, 2.05) is 0 Å². The Morgan fingerprint density at radius 3 is 1.18 bits per heavy atom. The molecular formula is C32H12F14N2O2. The smallest absolute Gasteiger partial charge is 0.405 e. The first kappa shape index (κ1) is 35.8. The maximum atomic E-state index is 14.1. The van der Waals surface area contributed by atoms with Crippen LogP contribution in [0.1, 0.15) is 28.2 Å². The minimum absolute atomic E-state index is 0.157. The Kier molecular flexibility index (Phi) is 8.67. The number of hydrogen-bond donors (Lipinski definition) is 0. The molecule has 0 saturated heterocycles. The van der Waals surface area contributed by atoms with Crippen LogP contribution in [0.5, 0.6) is 11.5 Å². The van der Waals surface area contributed by atoms with E-state index in [0.717, 1.165) is 12.1 Å². The van der Waals surface area contributed by atoms with Gasteiger partial charge in [-0.15, -0.1) is 26.3 Å². The van der Waals surface area contributed by atoms with Crippen LogP contribution in [-0.2, 0) is 12.4 Å². The summed E-state index contributed by atoms with van der Waals surface area (Å²) in [6, 6.07) is 8.02. The summed E-state index contributed by atoms with van der Waals surface area (Å²) in [4.78, 5) is 0. The predicted octanol–water partition coefficient (Wildman–Crippen LogP) is 10.9. The SMILES string of the molecule is N#CC(C#N)C1c2cc(OC(F)(F)F)c(-c3ccc(F)c(C(F)(F)F)c3)cc2-c2cc(-c3ccc(F)c(C(F)(F)F)c3)c(OC(F)(F)F)cc21. The zero-order valence-corrected chi connectivity index (χ0v) is 23.9. The summed E-state index contributed by atoms with van der Waals surface area (Å²) in [5.74, 6) is -9.56. The van der Waals surface area contributed by atoms with Crippen molar-refractivity contribution in [1.29, 1.82) is 10.5 Å². The predicted molar refractivity (Wildman–Crippen MR) is 143 cm³/mol. The van der Waals surface area contributed by atoms with E-state index in [1.54, 1.807) is 12.1 Å². The molecule has 1 aliphatic carbocycles. The lowest BCUT2D eigenvalue weighted by molar-refractivity contribution is -0.275. The largest absolute Gasteiger partial charge is 0.573 e. The van der Waals surface area contributed by atoms with Crippen LogP contribution in [0.3, 0.4) is 0 Å². The second-order valence-corrected chi connectivity index (χ2v) is 10.6. The van der Waals surface area contributed by atoms with E-state index >= 15 is 0 Å². The molecule has 4 aromatic carbocycles. The summed E-state index contributed by atoms with van der Waals surface area (Å²) >= 11 is 0. The molecule has 50 heavy (non-hydrogen) atoms. The van der Waals surface area contributed by atoms with Gasteiger partial charge in [-0.3, -0.25) is 0 Å². The average Bonchev–Trinajstić information content (AvgIpc) is 3.27. The number of nitriles is 2. The van der Waals surface area contributed by atoms with Crippen LogP contribution in [0, 0.1) is 40.2 Å². The molecule has 0 N–H and O–H groups in total. The van der Waals surface area contributed by atoms with Gasteiger partial charge >= 0.3 is 25.1 Å². The molecule has 0 amide bonds. The first-order valence-corrected chi connectivity index (χ1v) is 13.4. The minimum atomic E-state index is -5.51. The van der Waals surface area contributed by atoms with Crippen molar-refractivity contribution < 1.29 is 70.9 Å². The molecule has 0 saturated carbocycles. The molecule has 0 heterocycles. The van der Waals surface area contributed by atoms with Crippen molar-refractivity contribution in [3.05, 3.63) is 94.6 Å². The second kappa shape index (κ2) is 12.1. The number of hydrogen-bond acceptors (Lipinski definition) is 4. The van der Waals surface area contributed by atoms with Crippen molar-refractivity contribution in [1.82, 2.24) is 0 Å². The summed E-state index contributed by atoms with van der Waals surface area (Å²) < 4.78 is 199. The van der Waals surface area contributed by atoms with Gasteiger partial charge in [-0.25, -0.2) is 8.78 Å². The Morgan fingerprint density at radius 2 is 0.880 bits per heavy atom.